The molecule has 18 heavy (non-hydrogen) atoms. The molecule has 0 atom stereocenters. The molecule has 0 amide bonds. The molecule has 1 aromatic rings. The van der Waals surface area contributed by atoms with Gasteiger partial charge in [-0.25, -0.2) is 0 Å². The van der Waals surface area contributed by atoms with Crippen LogP contribution in [-0.2, 0) is 16.1 Å². The van der Waals surface area contributed by atoms with Gasteiger partial charge in [0.15, 0.2) is 0 Å². The molecule has 0 fully saturated rings. The average molecular weight is 248 g/mol. The van der Waals surface area contributed by atoms with Gasteiger partial charge in [0.05, 0.1) is 32.3 Å². The molecule has 0 aliphatic heterocycles. The maximum absolute atomic E-state index is 10.9. The molecule has 0 aliphatic rings. The SMILES string of the molecule is COC(=O)CCNCc1cc(C#N)ccc1OC. The lowest BCUT2D eigenvalue weighted by Crippen LogP contribution is -2.18. The Labute approximate surface area is 106 Å². The van der Waals surface area contributed by atoms with Gasteiger partial charge in [-0.2, -0.15) is 5.26 Å². The van der Waals surface area contributed by atoms with Crippen molar-refractivity contribution in [2.45, 2.75) is 13.0 Å². The molecule has 0 heterocycles. The highest BCUT2D eigenvalue weighted by atomic mass is 16.5. The van der Waals surface area contributed by atoms with E-state index >= 15 is 0 Å². The van der Waals surface area contributed by atoms with E-state index < -0.39 is 0 Å². The average Bonchev–Trinajstić information content (AvgIpc) is 2.42. The number of rotatable bonds is 6. The predicted octanol–water partition coefficient (Wildman–Crippen LogP) is 1.22. The number of ether oxygens (including phenoxy) is 2. The topological polar surface area (TPSA) is 71.3 Å². The Morgan fingerprint density at radius 2 is 2.22 bits per heavy atom. The second-order valence-corrected chi connectivity index (χ2v) is 3.64. The first-order chi connectivity index (χ1) is 8.71. The van der Waals surface area contributed by atoms with Crippen molar-refractivity contribution < 1.29 is 14.3 Å². The highest BCUT2D eigenvalue weighted by molar-refractivity contribution is 5.69. The summed E-state index contributed by atoms with van der Waals surface area (Å²) >= 11 is 0. The summed E-state index contributed by atoms with van der Waals surface area (Å²) in [5, 5.41) is 11.9. The number of hydrogen-bond donors (Lipinski definition) is 1. The molecule has 1 N–H and O–H groups in total. The summed E-state index contributed by atoms with van der Waals surface area (Å²) in [4.78, 5) is 10.9. The van der Waals surface area contributed by atoms with Crippen molar-refractivity contribution in [1.29, 1.82) is 5.26 Å². The summed E-state index contributed by atoms with van der Waals surface area (Å²) in [7, 11) is 2.95. The quantitative estimate of drug-likeness (QED) is 0.605. The monoisotopic (exact) mass is 248 g/mol. The maximum atomic E-state index is 10.9. The van der Waals surface area contributed by atoms with Crippen molar-refractivity contribution >= 4 is 5.97 Å². The van der Waals surface area contributed by atoms with Gasteiger partial charge in [0, 0.05) is 18.7 Å². The van der Waals surface area contributed by atoms with Gasteiger partial charge in [0.2, 0.25) is 0 Å². The van der Waals surface area contributed by atoms with E-state index in [1.165, 1.54) is 7.11 Å². The van der Waals surface area contributed by atoms with Crippen LogP contribution in [0.5, 0.6) is 5.75 Å². The van der Waals surface area contributed by atoms with E-state index in [1.54, 1.807) is 25.3 Å². The van der Waals surface area contributed by atoms with E-state index in [4.69, 9.17) is 10.00 Å². The Balaban J connectivity index is 2.55. The molecular formula is C13H16N2O3. The molecule has 0 saturated carbocycles. The number of nitrogens with zero attached hydrogens (tertiary/aromatic N) is 1. The minimum Gasteiger partial charge on any atom is -0.496 e. The van der Waals surface area contributed by atoms with Gasteiger partial charge >= 0.3 is 5.97 Å². The fourth-order valence-corrected chi connectivity index (χ4v) is 1.50. The Bertz CT molecular complexity index is 452. The van der Waals surface area contributed by atoms with Crippen LogP contribution in [0.15, 0.2) is 18.2 Å². The number of hydrogen-bond acceptors (Lipinski definition) is 5. The molecule has 0 radical (unpaired) electrons. The third-order valence-corrected chi connectivity index (χ3v) is 2.46. The second kappa shape index (κ2) is 7.30. The van der Waals surface area contributed by atoms with Gasteiger partial charge in [0.1, 0.15) is 5.75 Å². The van der Waals surface area contributed by atoms with Gasteiger partial charge < -0.3 is 14.8 Å². The minimum absolute atomic E-state index is 0.250. The standard InChI is InChI=1S/C13H16N2O3/c1-17-12-4-3-10(8-14)7-11(12)9-15-6-5-13(16)18-2/h3-4,7,15H,5-6,9H2,1-2H3. The number of benzene rings is 1. The first-order valence-corrected chi connectivity index (χ1v) is 5.55. The van der Waals surface area contributed by atoms with E-state index in [0.29, 0.717) is 25.1 Å². The summed E-state index contributed by atoms with van der Waals surface area (Å²) in [5.74, 6) is 0.472. The van der Waals surface area contributed by atoms with Crippen LogP contribution in [-0.4, -0.2) is 26.7 Å². The number of carbonyl (C=O) groups excluding carboxylic acids is 1. The van der Waals surface area contributed by atoms with Gasteiger partial charge in [-0.15, -0.1) is 0 Å². The van der Waals surface area contributed by atoms with Crippen molar-refractivity contribution in [2.75, 3.05) is 20.8 Å². The van der Waals surface area contributed by atoms with Crippen LogP contribution in [0.1, 0.15) is 17.5 Å². The molecule has 1 aromatic carbocycles. The van der Waals surface area contributed by atoms with Crippen LogP contribution in [0, 0.1) is 11.3 Å². The Morgan fingerprint density at radius 1 is 1.44 bits per heavy atom. The zero-order valence-corrected chi connectivity index (χ0v) is 10.5. The number of esters is 1. The fraction of sp³-hybridized carbons (Fsp3) is 0.385. The molecule has 0 aromatic heterocycles. The van der Waals surface area contributed by atoms with Crippen LogP contribution in [0.2, 0.25) is 0 Å². The molecule has 0 bridgehead atoms. The van der Waals surface area contributed by atoms with Crippen LogP contribution in [0.4, 0.5) is 0 Å². The van der Waals surface area contributed by atoms with Crippen molar-refractivity contribution in [3.63, 3.8) is 0 Å². The summed E-state index contributed by atoms with van der Waals surface area (Å²) in [6, 6.07) is 7.31. The first-order valence-electron chi connectivity index (χ1n) is 5.55. The lowest BCUT2D eigenvalue weighted by molar-refractivity contribution is -0.140. The second-order valence-electron chi connectivity index (χ2n) is 3.64. The highest BCUT2D eigenvalue weighted by Crippen LogP contribution is 2.19. The first kappa shape index (κ1) is 14.0. The van der Waals surface area contributed by atoms with E-state index in [1.807, 2.05) is 0 Å². The fourth-order valence-electron chi connectivity index (χ4n) is 1.50. The molecular weight excluding hydrogens is 232 g/mol. The van der Waals surface area contributed by atoms with Crippen LogP contribution >= 0.6 is 0 Å². The number of carbonyl (C=O) groups is 1. The number of nitriles is 1. The normalized spacial score (nSPS) is 9.61. The summed E-state index contributed by atoms with van der Waals surface area (Å²) in [6.07, 6.45) is 0.316. The molecule has 0 aliphatic carbocycles. The molecule has 0 spiro atoms. The van der Waals surface area contributed by atoms with Crippen molar-refractivity contribution in [3.8, 4) is 11.8 Å². The lowest BCUT2D eigenvalue weighted by atomic mass is 10.1. The summed E-state index contributed by atoms with van der Waals surface area (Å²) in [5.41, 5.74) is 1.47. The van der Waals surface area contributed by atoms with Gasteiger partial charge in [-0.3, -0.25) is 4.79 Å². The lowest BCUT2D eigenvalue weighted by Gasteiger charge is -2.09. The summed E-state index contributed by atoms with van der Waals surface area (Å²) in [6.45, 7) is 1.06. The largest absolute Gasteiger partial charge is 0.496 e. The minimum atomic E-state index is -0.250. The van der Waals surface area contributed by atoms with Crippen molar-refractivity contribution in [1.82, 2.24) is 5.32 Å². The maximum Gasteiger partial charge on any atom is 0.306 e. The Kier molecular flexibility index (Phi) is 5.68. The molecule has 1 rings (SSSR count). The van der Waals surface area contributed by atoms with Crippen LogP contribution in [0.3, 0.4) is 0 Å². The van der Waals surface area contributed by atoms with E-state index in [0.717, 1.165) is 11.3 Å². The third-order valence-electron chi connectivity index (χ3n) is 2.46. The molecule has 5 heteroatoms. The molecule has 0 unspecified atom stereocenters. The van der Waals surface area contributed by atoms with Gasteiger partial charge in [-0.05, 0) is 18.2 Å². The van der Waals surface area contributed by atoms with E-state index in [2.05, 4.69) is 16.1 Å². The third kappa shape index (κ3) is 4.07. The molecule has 96 valence electrons. The number of nitrogens with one attached hydrogen (secondary N) is 1. The zero-order valence-electron chi connectivity index (χ0n) is 10.5. The van der Waals surface area contributed by atoms with E-state index in [9.17, 15) is 4.79 Å². The predicted molar refractivity (Wildman–Crippen MR) is 66.0 cm³/mol. The Hall–Kier alpha value is -2.06. The van der Waals surface area contributed by atoms with Crippen molar-refractivity contribution in [3.05, 3.63) is 29.3 Å². The highest BCUT2D eigenvalue weighted by Gasteiger charge is 2.05. The van der Waals surface area contributed by atoms with Gasteiger partial charge in [-0.1, -0.05) is 0 Å². The summed E-state index contributed by atoms with van der Waals surface area (Å²) < 4.78 is 9.74. The molecule has 5 nitrogen and oxygen atoms in total. The Morgan fingerprint density at radius 3 is 2.83 bits per heavy atom. The van der Waals surface area contributed by atoms with Crippen LogP contribution < -0.4 is 10.1 Å². The van der Waals surface area contributed by atoms with Crippen molar-refractivity contribution in [2.24, 2.45) is 0 Å². The number of methoxy groups -OCH3 is 2. The van der Waals surface area contributed by atoms with Gasteiger partial charge in [0.25, 0.3) is 0 Å². The van der Waals surface area contributed by atoms with E-state index in [-0.39, 0.29) is 5.97 Å². The smallest absolute Gasteiger partial charge is 0.306 e. The zero-order chi connectivity index (χ0) is 13.4. The van der Waals surface area contributed by atoms with Crippen LogP contribution in [0.25, 0.3) is 0 Å². The molecule has 0 saturated heterocycles.